The monoisotopic (exact) mass is 397 g/mol. The smallest absolute Gasteiger partial charge is 0.243 e. The second-order valence-electron chi connectivity index (χ2n) is 7.60. The molecular weight excluding hydrogens is 374 g/mol. The van der Waals surface area contributed by atoms with Crippen molar-refractivity contribution in [1.82, 2.24) is 9.29 Å². The summed E-state index contributed by atoms with van der Waals surface area (Å²) >= 11 is 0. The Kier molecular flexibility index (Phi) is 4.19. The largest absolute Gasteiger partial charge is 0.391 e. The molecule has 2 aromatic carbocycles. The summed E-state index contributed by atoms with van der Waals surface area (Å²) in [5.41, 5.74) is 3.71. The van der Waals surface area contributed by atoms with E-state index in [-0.39, 0.29) is 6.10 Å². The lowest BCUT2D eigenvalue weighted by molar-refractivity contribution is 0.198. The van der Waals surface area contributed by atoms with Gasteiger partial charge in [0.15, 0.2) is 0 Å². The number of β-amino-alcohol motifs (C(OH)–C–C–N with tert-alkyl or cyclic N) is 1. The van der Waals surface area contributed by atoms with E-state index >= 15 is 0 Å². The van der Waals surface area contributed by atoms with E-state index < -0.39 is 10.0 Å². The molecule has 28 heavy (non-hydrogen) atoms. The third-order valence-electron chi connectivity index (χ3n) is 5.75. The highest BCUT2D eigenvalue weighted by molar-refractivity contribution is 7.89. The number of H-pyrrole nitrogens is 1. The Labute approximate surface area is 164 Å². The van der Waals surface area contributed by atoms with Crippen molar-refractivity contribution in [3.05, 3.63) is 48.5 Å². The van der Waals surface area contributed by atoms with E-state index in [1.165, 1.54) is 4.31 Å². The quantitative estimate of drug-likeness (QED) is 0.710. The van der Waals surface area contributed by atoms with Crippen LogP contribution >= 0.6 is 0 Å². The summed E-state index contributed by atoms with van der Waals surface area (Å²) in [6, 6.07) is 15.4. The van der Waals surface area contributed by atoms with Crippen LogP contribution in [0.15, 0.2) is 53.4 Å². The maximum absolute atomic E-state index is 12.9. The topological polar surface area (TPSA) is 76.6 Å². The number of aromatic amines is 1. The van der Waals surface area contributed by atoms with Gasteiger partial charge < -0.3 is 15.0 Å². The lowest BCUT2D eigenvalue weighted by atomic mass is 10.1. The van der Waals surface area contributed by atoms with Gasteiger partial charge in [-0.1, -0.05) is 18.2 Å². The van der Waals surface area contributed by atoms with Crippen LogP contribution in [0.2, 0.25) is 0 Å². The van der Waals surface area contributed by atoms with Crippen molar-refractivity contribution in [3.63, 3.8) is 0 Å². The van der Waals surface area contributed by atoms with Crippen LogP contribution in [-0.2, 0) is 10.0 Å². The predicted molar refractivity (Wildman–Crippen MR) is 110 cm³/mol. The fraction of sp³-hybridized carbons (Fsp3) is 0.333. The predicted octanol–water partition coefficient (Wildman–Crippen LogP) is 2.80. The summed E-state index contributed by atoms with van der Waals surface area (Å²) in [6.45, 7) is 2.49. The minimum atomic E-state index is -3.46. The first-order valence-electron chi connectivity index (χ1n) is 9.68. The summed E-state index contributed by atoms with van der Waals surface area (Å²) < 4.78 is 27.4. The Hall–Kier alpha value is -2.35. The SMILES string of the molecule is O=S(=O)(c1ccc(N2CC[C@H](O)C2)c(-c2cc3ccccc3[nH]2)c1)N1CCC1. The van der Waals surface area contributed by atoms with Crippen LogP contribution in [-0.4, -0.2) is 55.1 Å². The highest BCUT2D eigenvalue weighted by atomic mass is 32.2. The molecule has 0 bridgehead atoms. The number of anilines is 1. The maximum Gasteiger partial charge on any atom is 0.243 e. The molecule has 1 atom stereocenters. The first-order valence-corrected chi connectivity index (χ1v) is 11.1. The number of fused-ring (bicyclic) bond motifs is 1. The van der Waals surface area contributed by atoms with Crippen LogP contribution in [0.3, 0.4) is 0 Å². The number of benzene rings is 2. The average molecular weight is 398 g/mol. The molecule has 2 aliphatic rings. The molecule has 3 heterocycles. The van der Waals surface area contributed by atoms with E-state index in [4.69, 9.17) is 0 Å². The van der Waals surface area contributed by atoms with Gasteiger partial charge in [-0.2, -0.15) is 4.31 Å². The zero-order valence-corrected chi connectivity index (χ0v) is 16.3. The summed E-state index contributed by atoms with van der Waals surface area (Å²) in [7, 11) is -3.46. The molecule has 2 saturated heterocycles. The number of aliphatic hydroxyl groups excluding tert-OH is 1. The molecule has 0 spiro atoms. The third kappa shape index (κ3) is 2.90. The molecule has 2 aliphatic heterocycles. The van der Waals surface area contributed by atoms with Gasteiger partial charge in [-0.25, -0.2) is 8.42 Å². The molecular formula is C21H23N3O3S. The molecule has 3 aromatic rings. The van der Waals surface area contributed by atoms with Gasteiger partial charge >= 0.3 is 0 Å². The van der Waals surface area contributed by atoms with Gasteiger partial charge in [-0.15, -0.1) is 0 Å². The van der Waals surface area contributed by atoms with E-state index in [0.29, 0.717) is 24.5 Å². The number of hydrogen-bond acceptors (Lipinski definition) is 4. The normalized spacial score (nSPS) is 20.6. The maximum atomic E-state index is 12.9. The molecule has 0 unspecified atom stereocenters. The molecule has 7 heteroatoms. The van der Waals surface area contributed by atoms with Crippen molar-refractivity contribution in [2.45, 2.75) is 23.8 Å². The van der Waals surface area contributed by atoms with E-state index in [1.54, 1.807) is 12.1 Å². The number of sulfonamides is 1. The van der Waals surface area contributed by atoms with Crippen molar-refractivity contribution < 1.29 is 13.5 Å². The van der Waals surface area contributed by atoms with E-state index in [1.807, 2.05) is 30.3 Å². The summed E-state index contributed by atoms with van der Waals surface area (Å²) in [6.07, 6.45) is 1.29. The Balaban J connectivity index is 1.65. The standard InChI is InChI=1S/C21H23N3O3S/c25-16-8-11-23(14-16)21-7-6-17(28(26,27)24-9-3-10-24)13-18(21)20-12-15-4-1-2-5-19(15)22-20/h1-2,4-7,12-13,16,22,25H,3,8-11,14H2/t16-/m0/s1. The van der Waals surface area contributed by atoms with E-state index in [2.05, 4.69) is 16.0 Å². The first-order chi connectivity index (χ1) is 13.5. The highest BCUT2D eigenvalue weighted by Gasteiger charge is 2.31. The number of nitrogens with zero attached hydrogens (tertiary/aromatic N) is 2. The summed E-state index contributed by atoms with van der Waals surface area (Å²) in [4.78, 5) is 5.88. The fourth-order valence-corrected chi connectivity index (χ4v) is 5.57. The molecule has 2 N–H and O–H groups in total. The minimum absolute atomic E-state index is 0.323. The number of hydrogen-bond donors (Lipinski definition) is 2. The van der Waals surface area contributed by atoms with Crippen LogP contribution in [0, 0.1) is 0 Å². The van der Waals surface area contributed by atoms with Gasteiger partial charge in [0.1, 0.15) is 0 Å². The lowest BCUT2D eigenvalue weighted by Gasteiger charge is -2.30. The highest BCUT2D eigenvalue weighted by Crippen LogP contribution is 2.37. The van der Waals surface area contributed by atoms with Crippen LogP contribution in [0.1, 0.15) is 12.8 Å². The van der Waals surface area contributed by atoms with Gasteiger partial charge in [-0.3, -0.25) is 0 Å². The molecule has 0 saturated carbocycles. The Bertz CT molecular complexity index is 1100. The molecule has 1 aromatic heterocycles. The van der Waals surface area contributed by atoms with Gasteiger partial charge in [0, 0.05) is 54.0 Å². The molecule has 2 fully saturated rings. The number of rotatable bonds is 4. The van der Waals surface area contributed by atoms with Gasteiger partial charge in [-0.05, 0) is 43.2 Å². The first kappa shape index (κ1) is 17.7. The van der Waals surface area contributed by atoms with Crippen molar-refractivity contribution in [1.29, 1.82) is 0 Å². The number of para-hydroxylation sites is 1. The second-order valence-corrected chi connectivity index (χ2v) is 9.53. The van der Waals surface area contributed by atoms with Gasteiger partial charge in [0.05, 0.1) is 11.0 Å². The molecule has 6 nitrogen and oxygen atoms in total. The zero-order valence-electron chi connectivity index (χ0n) is 15.5. The van der Waals surface area contributed by atoms with Crippen LogP contribution in [0.25, 0.3) is 22.2 Å². The number of nitrogens with one attached hydrogen (secondary N) is 1. The summed E-state index contributed by atoms with van der Waals surface area (Å²) in [5.74, 6) is 0. The summed E-state index contributed by atoms with van der Waals surface area (Å²) in [5, 5.41) is 11.1. The van der Waals surface area contributed by atoms with Gasteiger partial charge in [0.25, 0.3) is 0 Å². The van der Waals surface area contributed by atoms with Crippen molar-refractivity contribution >= 4 is 26.6 Å². The molecule has 0 amide bonds. The second kappa shape index (κ2) is 6.62. The lowest BCUT2D eigenvalue weighted by Crippen LogP contribution is -2.41. The Morgan fingerprint density at radius 1 is 1.04 bits per heavy atom. The van der Waals surface area contributed by atoms with Crippen LogP contribution in [0.5, 0.6) is 0 Å². The van der Waals surface area contributed by atoms with E-state index in [9.17, 15) is 13.5 Å². The van der Waals surface area contributed by atoms with Crippen molar-refractivity contribution in [3.8, 4) is 11.3 Å². The average Bonchev–Trinajstić information content (AvgIpc) is 3.25. The molecule has 0 radical (unpaired) electrons. The van der Waals surface area contributed by atoms with Gasteiger partial charge in [0.2, 0.25) is 10.0 Å². The molecule has 5 rings (SSSR count). The minimum Gasteiger partial charge on any atom is -0.391 e. The fourth-order valence-electron chi connectivity index (χ4n) is 4.02. The molecule has 0 aliphatic carbocycles. The van der Waals surface area contributed by atoms with Crippen LogP contribution in [0.4, 0.5) is 5.69 Å². The van der Waals surface area contributed by atoms with Crippen LogP contribution < -0.4 is 4.90 Å². The third-order valence-corrected chi connectivity index (χ3v) is 7.64. The Morgan fingerprint density at radius 3 is 2.54 bits per heavy atom. The Morgan fingerprint density at radius 2 is 1.86 bits per heavy atom. The van der Waals surface area contributed by atoms with Crippen molar-refractivity contribution in [2.24, 2.45) is 0 Å². The van der Waals surface area contributed by atoms with E-state index in [0.717, 1.165) is 47.2 Å². The zero-order chi connectivity index (χ0) is 19.3. The number of aromatic nitrogens is 1. The molecule has 146 valence electrons. The number of aliphatic hydroxyl groups is 1. The van der Waals surface area contributed by atoms with Crippen molar-refractivity contribution in [2.75, 3.05) is 31.1 Å².